The molecule has 1 heterocycles. The van der Waals surface area contributed by atoms with Crippen LogP contribution in [0.2, 0.25) is 0 Å². The third-order valence-corrected chi connectivity index (χ3v) is 5.91. The number of ether oxygens (including phenoxy) is 1. The van der Waals surface area contributed by atoms with Crippen LogP contribution in [0.25, 0.3) is 0 Å². The molecule has 0 radical (unpaired) electrons. The fourth-order valence-corrected chi connectivity index (χ4v) is 4.13. The Hall–Kier alpha value is -1.31. The highest BCUT2D eigenvalue weighted by Gasteiger charge is 2.39. The number of piperidine rings is 1. The van der Waals surface area contributed by atoms with Crippen LogP contribution >= 0.6 is 24.0 Å². The first-order valence-corrected chi connectivity index (χ1v) is 9.86. The highest BCUT2D eigenvalue weighted by atomic mass is 127. The Morgan fingerprint density at radius 3 is 2.44 bits per heavy atom. The van der Waals surface area contributed by atoms with Gasteiger partial charge in [-0.15, -0.1) is 24.0 Å². The lowest BCUT2D eigenvalue weighted by molar-refractivity contribution is -0.149. The van der Waals surface area contributed by atoms with E-state index in [1.807, 2.05) is 14.0 Å². The first kappa shape index (κ1) is 22.0. The molecular weight excluding hydrogens is 453 g/mol. The van der Waals surface area contributed by atoms with Crippen molar-refractivity contribution in [1.29, 1.82) is 0 Å². The zero-order valence-corrected chi connectivity index (χ0v) is 18.8. The second kappa shape index (κ2) is 10.3. The average Bonchev–Trinajstić information content (AvgIpc) is 2.65. The summed E-state index contributed by atoms with van der Waals surface area (Å²) in [5.74, 6) is 0.939. The van der Waals surface area contributed by atoms with E-state index in [9.17, 15) is 4.79 Å². The van der Waals surface area contributed by atoms with E-state index in [0.29, 0.717) is 6.61 Å². The van der Waals surface area contributed by atoms with Crippen LogP contribution in [0.4, 0.5) is 0 Å². The number of carbonyl (C=O) groups excluding carboxylic acids is 1. The summed E-state index contributed by atoms with van der Waals surface area (Å²) in [7, 11) is 1.84. The number of aliphatic imine (C=N–C) groups is 1. The third-order valence-electron chi connectivity index (χ3n) is 5.91. The number of hydrogen-bond donors (Lipinski definition) is 1. The molecule has 1 aromatic carbocycles. The van der Waals surface area contributed by atoms with Crippen molar-refractivity contribution in [1.82, 2.24) is 10.2 Å². The van der Waals surface area contributed by atoms with Crippen molar-refractivity contribution in [2.45, 2.75) is 44.4 Å². The van der Waals surface area contributed by atoms with E-state index in [1.54, 1.807) is 0 Å². The van der Waals surface area contributed by atoms with Gasteiger partial charge in [-0.2, -0.15) is 0 Å². The lowest BCUT2D eigenvalue weighted by atomic mass is 9.64. The van der Waals surface area contributed by atoms with E-state index >= 15 is 0 Å². The molecule has 0 unspecified atom stereocenters. The van der Waals surface area contributed by atoms with Crippen LogP contribution in [0.3, 0.4) is 0 Å². The highest BCUT2D eigenvalue weighted by Crippen LogP contribution is 2.43. The number of likely N-dealkylation sites (tertiary alicyclic amines) is 1. The zero-order valence-electron chi connectivity index (χ0n) is 16.4. The summed E-state index contributed by atoms with van der Waals surface area (Å²) in [5, 5.41) is 3.61. The van der Waals surface area contributed by atoms with Gasteiger partial charge in [0.1, 0.15) is 0 Å². The van der Waals surface area contributed by atoms with Gasteiger partial charge in [-0.25, -0.2) is 0 Å². The monoisotopic (exact) mass is 485 g/mol. The predicted octanol–water partition coefficient (Wildman–Crippen LogP) is 3.58. The van der Waals surface area contributed by atoms with Gasteiger partial charge >= 0.3 is 5.97 Å². The summed E-state index contributed by atoms with van der Waals surface area (Å²) in [6.45, 7) is 4.94. The maximum Gasteiger partial charge on any atom is 0.309 e. The quantitative estimate of drug-likeness (QED) is 0.300. The molecule has 0 bridgehead atoms. The summed E-state index contributed by atoms with van der Waals surface area (Å²) in [4.78, 5) is 18.7. The lowest BCUT2D eigenvalue weighted by Crippen LogP contribution is -2.52. The van der Waals surface area contributed by atoms with Crippen LogP contribution < -0.4 is 5.32 Å². The fourth-order valence-electron chi connectivity index (χ4n) is 4.13. The number of carbonyl (C=O) groups is 1. The number of rotatable bonds is 5. The minimum Gasteiger partial charge on any atom is -0.466 e. The Morgan fingerprint density at radius 1 is 1.26 bits per heavy atom. The number of benzene rings is 1. The van der Waals surface area contributed by atoms with Gasteiger partial charge in [0.25, 0.3) is 0 Å². The molecule has 1 saturated heterocycles. The molecule has 1 aliphatic heterocycles. The highest BCUT2D eigenvalue weighted by molar-refractivity contribution is 14.0. The standard InChI is InChI=1S/C21H31N3O2.HI/c1-3-26-19(25)17-10-14-24(15-11-17)20(22-2)23-16-21(12-7-13-21)18-8-5-4-6-9-18;/h4-6,8-9,17H,3,7,10-16H2,1-2H3,(H,22,23);1H. The van der Waals surface area contributed by atoms with E-state index < -0.39 is 0 Å². The van der Waals surface area contributed by atoms with Gasteiger partial charge in [-0.05, 0) is 38.2 Å². The number of guanidine groups is 1. The van der Waals surface area contributed by atoms with Crippen LogP contribution in [-0.2, 0) is 14.9 Å². The Kier molecular flexibility index (Phi) is 8.38. The van der Waals surface area contributed by atoms with Crippen molar-refractivity contribution >= 4 is 35.9 Å². The summed E-state index contributed by atoms with van der Waals surface area (Å²) in [6, 6.07) is 10.8. The molecule has 2 fully saturated rings. The molecule has 6 heteroatoms. The molecule has 1 N–H and O–H groups in total. The first-order valence-electron chi connectivity index (χ1n) is 9.86. The average molecular weight is 485 g/mol. The Balaban J connectivity index is 0.00000261. The second-order valence-electron chi connectivity index (χ2n) is 7.41. The van der Waals surface area contributed by atoms with Gasteiger partial charge in [0.05, 0.1) is 12.5 Å². The molecular formula is C21H32IN3O2. The zero-order chi connectivity index (χ0) is 18.4. The van der Waals surface area contributed by atoms with Crippen LogP contribution in [0, 0.1) is 5.92 Å². The predicted molar refractivity (Wildman–Crippen MR) is 120 cm³/mol. The minimum absolute atomic E-state index is 0. The van der Waals surface area contributed by atoms with E-state index in [2.05, 4.69) is 45.5 Å². The van der Waals surface area contributed by atoms with Crippen molar-refractivity contribution < 1.29 is 9.53 Å². The molecule has 0 spiro atoms. The molecule has 150 valence electrons. The Morgan fingerprint density at radius 2 is 1.93 bits per heavy atom. The van der Waals surface area contributed by atoms with Gasteiger partial charge in [0.2, 0.25) is 0 Å². The SMILES string of the molecule is CCOC(=O)C1CCN(C(=NC)NCC2(c3ccccc3)CCC2)CC1.I. The van der Waals surface area contributed by atoms with Crippen LogP contribution in [-0.4, -0.2) is 50.1 Å². The molecule has 5 nitrogen and oxygen atoms in total. The molecule has 27 heavy (non-hydrogen) atoms. The maximum absolute atomic E-state index is 11.9. The summed E-state index contributed by atoms with van der Waals surface area (Å²) in [5.41, 5.74) is 1.66. The van der Waals surface area contributed by atoms with Gasteiger partial charge in [0, 0.05) is 32.1 Å². The topological polar surface area (TPSA) is 53.9 Å². The smallest absolute Gasteiger partial charge is 0.309 e. The van der Waals surface area contributed by atoms with E-state index in [0.717, 1.165) is 38.4 Å². The molecule has 0 aromatic heterocycles. The third kappa shape index (κ3) is 5.15. The van der Waals surface area contributed by atoms with Crippen LogP contribution in [0.15, 0.2) is 35.3 Å². The van der Waals surface area contributed by atoms with E-state index in [-0.39, 0.29) is 41.3 Å². The minimum atomic E-state index is -0.0485. The largest absolute Gasteiger partial charge is 0.466 e. The molecule has 2 aliphatic rings. The van der Waals surface area contributed by atoms with Gasteiger partial charge in [-0.1, -0.05) is 36.8 Å². The van der Waals surface area contributed by atoms with Crippen molar-refractivity contribution in [2.75, 3.05) is 33.3 Å². The van der Waals surface area contributed by atoms with Crippen LogP contribution in [0.5, 0.6) is 0 Å². The number of esters is 1. The van der Waals surface area contributed by atoms with Crippen LogP contribution in [0.1, 0.15) is 44.6 Å². The summed E-state index contributed by atoms with van der Waals surface area (Å²) >= 11 is 0. The molecule has 0 amide bonds. The fraction of sp³-hybridized carbons (Fsp3) is 0.619. The van der Waals surface area contributed by atoms with E-state index in [4.69, 9.17) is 4.74 Å². The Labute approximate surface area is 180 Å². The molecule has 1 saturated carbocycles. The summed E-state index contributed by atoms with van der Waals surface area (Å²) in [6.07, 6.45) is 5.42. The summed E-state index contributed by atoms with van der Waals surface area (Å²) < 4.78 is 5.16. The normalized spacial score (nSPS) is 19.6. The van der Waals surface area contributed by atoms with Gasteiger partial charge in [-0.3, -0.25) is 9.79 Å². The second-order valence-corrected chi connectivity index (χ2v) is 7.41. The van der Waals surface area contributed by atoms with E-state index in [1.165, 1.54) is 24.8 Å². The van der Waals surface area contributed by atoms with Crippen molar-refractivity contribution in [3.05, 3.63) is 35.9 Å². The molecule has 1 aromatic rings. The number of hydrogen-bond acceptors (Lipinski definition) is 3. The van der Waals surface area contributed by atoms with Crippen molar-refractivity contribution in [3.63, 3.8) is 0 Å². The molecule has 3 rings (SSSR count). The molecule has 1 aliphatic carbocycles. The van der Waals surface area contributed by atoms with Gasteiger partial charge < -0.3 is 15.0 Å². The lowest BCUT2D eigenvalue weighted by Gasteiger charge is -2.44. The number of halogens is 1. The number of nitrogens with zero attached hydrogens (tertiary/aromatic N) is 2. The first-order chi connectivity index (χ1) is 12.7. The van der Waals surface area contributed by atoms with Gasteiger partial charge in [0.15, 0.2) is 5.96 Å². The maximum atomic E-state index is 11.9. The van der Waals surface area contributed by atoms with Crippen molar-refractivity contribution in [2.24, 2.45) is 10.9 Å². The van der Waals surface area contributed by atoms with Crippen molar-refractivity contribution in [3.8, 4) is 0 Å². The Bertz CT molecular complexity index is 624. The number of nitrogens with one attached hydrogen (secondary N) is 1. The molecule has 0 atom stereocenters.